The molecule has 2 rings (SSSR count). The van der Waals surface area contributed by atoms with Crippen molar-refractivity contribution < 1.29 is 0 Å². The quantitative estimate of drug-likeness (QED) is 0.669. The van der Waals surface area contributed by atoms with E-state index in [9.17, 15) is 0 Å². The molecule has 0 fully saturated rings. The molecule has 0 bridgehead atoms. The van der Waals surface area contributed by atoms with Gasteiger partial charge in [0.15, 0.2) is 0 Å². The Hall–Kier alpha value is -1.57. The number of hydrogen-bond donors (Lipinski definition) is 2. The summed E-state index contributed by atoms with van der Waals surface area (Å²) in [4.78, 5) is 0. The van der Waals surface area contributed by atoms with Gasteiger partial charge in [-0.2, -0.15) is 0 Å². The zero-order valence-electron chi connectivity index (χ0n) is 7.65. The Kier molecular flexibility index (Phi) is 1.69. The number of rotatable bonds is 1. The number of amidine groups is 1. The van der Waals surface area contributed by atoms with Crippen LogP contribution in [0, 0.1) is 5.41 Å². The molecule has 2 heteroatoms. The van der Waals surface area contributed by atoms with Crippen LogP contribution < -0.4 is 5.32 Å². The van der Waals surface area contributed by atoms with Gasteiger partial charge < -0.3 is 5.32 Å². The van der Waals surface area contributed by atoms with Gasteiger partial charge in [0.05, 0.1) is 0 Å². The van der Waals surface area contributed by atoms with E-state index >= 15 is 0 Å². The van der Waals surface area contributed by atoms with Crippen molar-refractivity contribution in [2.75, 3.05) is 0 Å². The zero-order chi connectivity index (χ0) is 9.42. The summed E-state index contributed by atoms with van der Waals surface area (Å²) < 4.78 is 0. The second-order valence-corrected chi connectivity index (χ2v) is 3.38. The van der Waals surface area contributed by atoms with Crippen molar-refractivity contribution in [1.82, 2.24) is 5.32 Å². The first-order valence-corrected chi connectivity index (χ1v) is 4.30. The van der Waals surface area contributed by atoms with Crippen molar-refractivity contribution in [2.45, 2.75) is 13.5 Å². The molecule has 1 aliphatic rings. The van der Waals surface area contributed by atoms with Crippen LogP contribution in [-0.2, 0) is 6.54 Å². The van der Waals surface area contributed by atoms with E-state index in [0.717, 1.165) is 23.2 Å². The van der Waals surface area contributed by atoms with Crippen molar-refractivity contribution in [2.24, 2.45) is 0 Å². The van der Waals surface area contributed by atoms with Crippen LogP contribution in [-0.4, -0.2) is 5.84 Å². The van der Waals surface area contributed by atoms with Crippen LogP contribution in [0.2, 0.25) is 0 Å². The van der Waals surface area contributed by atoms with E-state index in [2.05, 4.69) is 18.0 Å². The van der Waals surface area contributed by atoms with Crippen molar-refractivity contribution in [1.29, 1.82) is 5.41 Å². The van der Waals surface area contributed by atoms with Crippen LogP contribution in [0.3, 0.4) is 0 Å². The minimum absolute atomic E-state index is 0.531. The van der Waals surface area contributed by atoms with E-state index in [1.807, 2.05) is 19.1 Å². The molecule has 0 spiro atoms. The highest BCUT2D eigenvalue weighted by molar-refractivity contribution is 6.00. The molecule has 0 aromatic heterocycles. The van der Waals surface area contributed by atoms with Crippen LogP contribution in [0.1, 0.15) is 23.6 Å². The van der Waals surface area contributed by atoms with Crippen LogP contribution in [0.4, 0.5) is 0 Å². The summed E-state index contributed by atoms with van der Waals surface area (Å²) in [6, 6.07) is 6.11. The fraction of sp³-hybridized carbons (Fsp3) is 0.182. The lowest BCUT2D eigenvalue weighted by atomic mass is 10.0. The van der Waals surface area contributed by atoms with E-state index in [4.69, 9.17) is 5.41 Å². The molecule has 0 amide bonds. The largest absolute Gasteiger partial charge is 0.366 e. The van der Waals surface area contributed by atoms with Gasteiger partial charge in [0.2, 0.25) is 0 Å². The lowest BCUT2D eigenvalue weighted by Gasteiger charge is -2.02. The second-order valence-electron chi connectivity index (χ2n) is 3.38. The van der Waals surface area contributed by atoms with Gasteiger partial charge in [-0.3, -0.25) is 5.41 Å². The van der Waals surface area contributed by atoms with Gasteiger partial charge in [-0.1, -0.05) is 24.3 Å². The average molecular weight is 172 g/mol. The summed E-state index contributed by atoms with van der Waals surface area (Å²) in [5, 5.41) is 10.6. The minimum atomic E-state index is 0.531. The predicted octanol–water partition coefficient (Wildman–Crippen LogP) is 2.15. The third-order valence-electron chi connectivity index (χ3n) is 2.32. The number of nitrogens with one attached hydrogen (secondary N) is 2. The Balaban J connectivity index is 2.51. The van der Waals surface area contributed by atoms with Gasteiger partial charge in [-0.15, -0.1) is 0 Å². The standard InChI is InChI=1S/C11H12N2/c1-7(2)8-3-4-10-9(5-8)6-13-11(10)12/h3-5H,1,6H2,2H3,(H2,12,13). The third-order valence-corrected chi connectivity index (χ3v) is 2.32. The maximum atomic E-state index is 7.57. The second kappa shape index (κ2) is 2.73. The highest BCUT2D eigenvalue weighted by atomic mass is 15.0. The summed E-state index contributed by atoms with van der Waals surface area (Å²) in [5.74, 6) is 0.531. The Bertz CT molecular complexity index is 391. The van der Waals surface area contributed by atoms with Gasteiger partial charge >= 0.3 is 0 Å². The van der Waals surface area contributed by atoms with Gasteiger partial charge in [-0.25, -0.2) is 0 Å². The molecule has 0 atom stereocenters. The van der Waals surface area contributed by atoms with Crippen LogP contribution in [0.25, 0.3) is 5.57 Å². The first-order chi connectivity index (χ1) is 6.18. The molecular weight excluding hydrogens is 160 g/mol. The monoisotopic (exact) mass is 172 g/mol. The van der Waals surface area contributed by atoms with Crippen molar-refractivity contribution in [3.05, 3.63) is 41.5 Å². The fourth-order valence-corrected chi connectivity index (χ4v) is 1.53. The summed E-state index contributed by atoms with van der Waals surface area (Å²) in [6.45, 7) is 6.66. The summed E-state index contributed by atoms with van der Waals surface area (Å²) in [5.41, 5.74) is 4.45. The van der Waals surface area contributed by atoms with Gasteiger partial charge in [0.25, 0.3) is 0 Å². The molecular formula is C11H12N2. The fourth-order valence-electron chi connectivity index (χ4n) is 1.53. The molecule has 2 nitrogen and oxygen atoms in total. The maximum absolute atomic E-state index is 7.57. The molecule has 1 aromatic rings. The normalized spacial score (nSPS) is 13.8. The summed E-state index contributed by atoms with van der Waals surface area (Å²) in [6.07, 6.45) is 0. The molecule has 13 heavy (non-hydrogen) atoms. The molecule has 66 valence electrons. The minimum Gasteiger partial charge on any atom is -0.366 e. The van der Waals surface area contributed by atoms with E-state index in [0.29, 0.717) is 5.84 Å². The van der Waals surface area contributed by atoms with Gasteiger partial charge in [0, 0.05) is 12.1 Å². The Morgan fingerprint density at radius 2 is 2.31 bits per heavy atom. The number of allylic oxidation sites excluding steroid dienone is 1. The zero-order valence-corrected chi connectivity index (χ0v) is 7.65. The molecule has 2 N–H and O–H groups in total. The van der Waals surface area contributed by atoms with Crippen molar-refractivity contribution in [3.63, 3.8) is 0 Å². The van der Waals surface area contributed by atoms with Crippen molar-refractivity contribution in [3.8, 4) is 0 Å². The molecule has 0 unspecified atom stereocenters. The molecule has 0 saturated carbocycles. The molecule has 0 aliphatic carbocycles. The first kappa shape index (κ1) is 8.05. The molecule has 0 radical (unpaired) electrons. The van der Waals surface area contributed by atoms with Crippen LogP contribution in [0.5, 0.6) is 0 Å². The highest BCUT2D eigenvalue weighted by Gasteiger charge is 2.15. The number of hydrogen-bond acceptors (Lipinski definition) is 1. The summed E-state index contributed by atoms with van der Waals surface area (Å²) in [7, 11) is 0. The smallest absolute Gasteiger partial charge is 0.126 e. The third kappa shape index (κ3) is 1.24. The average Bonchev–Trinajstić information content (AvgIpc) is 2.47. The summed E-state index contributed by atoms with van der Waals surface area (Å²) >= 11 is 0. The topological polar surface area (TPSA) is 35.9 Å². The van der Waals surface area contributed by atoms with E-state index in [1.54, 1.807) is 0 Å². The maximum Gasteiger partial charge on any atom is 0.126 e. The molecule has 1 aromatic carbocycles. The molecule has 1 heterocycles. The Morgan fingerprint density at radius 3 is 3.00 bits per heavy atom. The highest BCUT2D eigenvalue weighted by Crippen LogP contribution is 2.20. The van der Waals surface area contributed by atoms with E-state index < -0.39 is 0 Å². The van der Waals surface area contributed by atoms with E-state index in [1.165, 1.54) is 5.56 Å². The molecule has 1 aliphatic heterocycles. The van der Waals surface area contributed by atoms with Gasteiger partial charge in [0.1, 0.15) is 5.84 Å². The lowest BCUT2D eigenvalue weighted by Crippen LogP contribution is -2.12. The van der Waals surface area contributed by atoms with Crippen LogP contribution in [0.15, 0.2) is 24.8 Å². The van der Waals surface area contributed by atoms with Crippen molar-refractivity contribution >= 4 is 11.4 Å². The first-order valence-electron chi connectivity index (χ1n) is 4.30. The Labute approximate surface area is 77.8 Å². The SMILES string of the molecule is C=C(C)c1ccc2c(c1)CNC2=N. The van der Waals surface area contributed by atoms with Gasteiger partial charge in [-0.05, 0) is 24.1 Å². The number of fused-ring (bicyclic) bond motifs is 1. The predicted molar refractivity (Wildman–Crippen MR) is 54.8 cm³/mol. The van der Waals surface area contributed by atoms with Crippen LogP contribution >= 0.6 is 0 Å². The molecule has 0 saturated heterocycles. The Morgan fingerprint density at radius 1 is 1.54 bits per heavy atom. The van der Waals surface area contributed by atoms with E-state index in [-0.39, 0.29) is 0 Å². The number of benzene rings is 1. The lowest BCUT2D eigenvalue weighted by molar-refractivity contribution is 0.956.